The Morgan fingerprint density at radius 1 is 1.45 bits per heavy atom. The number of amides is 1. The molecule has 1 amide bonds. The van der Waals surface area contributed by atoms with E-state index in [1.807, 2.05) is 32.9 Å². The fourth-order valence-electron chi connectivity index (χ4n) is 3.75. The lowest BCUT2D eigenvalue weighted by molar-refractivity contribution is -0.0104. The van der Waals surface area contributed by atoms with Gasteiger partial charge in [0.25, 0.3) is 0 Å². The van der Waals surface area contributed by atoms with Gasteiger partial charge in [0, 0.05) is 37.0 Å². The van der Waals surface area contributed by atoms with Gasteiger partial charge in [-0.15, -0.1) is 0 Å². The first-order valence-corrected chi connectivity index (χ1v) is 7.90. The summed E-state index contributed by atoms with van der Waals surface area (Å²) >= 11 is 0. The van der Waals surface area contributed by atoms with Crippen LogP contribution in [0.3, 0.4) is 0 Å². The van der Waals surface area contributed by atoms with Crippen LogP contribution in [0.4, 0.5) is 4.79 Å². The second-order valence-corrected chi connectivity index (χ2v) is 7.46. The molecule has 1 saturated heterocycles. The van der Waals surface area contributed by atoms with Crippen molar-refractivity contribution >= 4 is 6.09 Å². The Morgan fingerprint density at radius 3 is 2.86 bits per heavy atom. The minimum absolute atomic E-state index is 0.0595. The number of rotatable bonds is 1. The number of hydrogen-bond donors (Lipinski definition) is 1. The van der Waals surface area contributed by atoms with E-state index in [4.69, 9.17) is 4.74 Å². The molecule has 2 fully saturated rings. The first kappa shape index (κ1) is 15.3. The summed E-state index contributed by atoms with van der Waals surface area (Å²) < 4.78 is 5.45. The van der Waals surface area contributed by atoms with E-state index in [0.717, 1.165) is 18.4 Å². The van der Waals surface area contributed by atoms with E-state index in [1.54, 1.807) is 17.3 Å². The largest absolute Gasteiger partial charge is 0.444 e. The first-order chi connectivity index (χ1) is 10.3. The van der Waals surface area contributed by atoms with Gasteiger partial charge in [-0.3, -0.25) is 4.98 Å². The Morgan fingerprint density at radius 2 is 2.23 bits per heavy atom. The highest BCUT2D eigenvalue weighted by Gasteiger charge is 2.53. The Balaban J connectivity index is 1.75. The molecule has 1 aromatic rings. The van der Waals surface area contributed by atoms with Gasteiger partial charge < -0.3 is 14.7 Å². The van der Waals surface area contributed by atoms with Crippen LogP contribution in [-0.2, 0) is 10.3 Å². The zero-order valence-corrected chi connectivity index (χ0v) is 13.5. The number of nitrogens with zero attached hydrogens (tertiary/aromatic N) is 2. The fraction of sp³-hybridized carbons (Fsp3) is 0.647. The molecule has 0 bridgehead atoms. The van der Waals surface area contributed by atoms with Crippen molar-refractivity contribution < 1.29 is 14.6 Å². The summed E-state index contributed by atoms with van der Waals surface area (Å²) in [7, 11) is 0. The van der Waals surface area contributed by atoms with E-state index in [9.17, 15) is 9.90 Å². The van der Waals surface area contributed by atoms with Gasteiger partial charge in [-0.25, -0.2) is 4.79 Å². The molecule has 3 atom stereocenters. The van der Waals surface area contributed by atoms with Crippen molar-refractivity contribution in [1.29, 1.82) is 0 Å². The van der Waals surface area contributed by atoms with Crippen LogP contribution in [0, 0.1) is 11.8 Å². The number of hydrogen-bond acceptors (Lipinski definition) is 4. The predicted octanol–water partition coefficient (Wildman–Crippen LogP) is 2.55. The van der Waals surface area contributed by atoms with Crippen molar-refractivity contribution in [2.24, 2.45) is 11.8 Å². The number of fused-ring (bicyclic) bond motifs is 1. The van der Waals surface area contributed by atoms with E-state index in [2.05, 4.69) is 4.98 Å². The van der Waals surface area contributed by atoms with Gasteiger partial charge in [0.2, 0.25) is 0 Å². The second kappa shape index (κ2) is 5.23. The number of aromatic nitrogens is 1. The van der Waals surface area contributed by atoms with Gasteiger partial charge in [-0.2, -0.15) is 0 Å². The molecular formula is C17H24N2O3. The molecule has 1 aliphatic heterocycles. The highest BCUT2D eigenvalue weighted by molar-refractivity contribution is 5.68. The molecule has 1 aliphatic carbocycles. The number of aliphatic hydroxyl groups is 1. The van der Waals surface area contributed by atoms with Gasteiger partial charge in [-0.1, -0.05) is 6.07 Å². The summed E-state index contributed by atoms with van der Waals surface area (Å²) in [6.45, 7) is 6.82. The number of carbonyl (C=O) groups excluding carboxylic acids is 1. The van der Waals surface area contributed by atoms with E-state index >= 15 is 0 Å². The van der Waals surface area contributed by atoms with Crippen molar-refractivity contribution in [3.8, 4) is 0 Å². The molecule has 2 aliphatic rings. The third kappa shape index (κ3) is 2.70. The zero-order chi connectivity index (χ0) is 16.0. The molecule has 1 N–H and O–H groups in total. The van der Waals surface area contributed by atoms with Gasteiger partial charge in [-0.05, 0) is 45.6 Å². The van der Waals surface area contributed by atoms with Gasteiger partial charge in [0.15, 0.2) is 0 Å². The average molecular weight is 304 g/mol. The summed E-state index contributed by atoms with van der Waals surface area (Å²) in [5, 5.41) is 11.1. The Labute approximate surface area is 131 Å². The maximum Gasteiger partial charge on any atom is 0.410 e. The molecule has 120 valence electrons. The quantitative estimate of drug-likeness (QED) is 0.866. The van der Waals surface area contributed by atoms with Crippen LogP contribution in [0.1, 0.15) is 39.2 Å². The van der Waals surface area contributed by atoms with E-state index in [0.29, 0.717) is 19.0 Å². The minimum Gasteiger partial charge on any atom is -0.444 e. The van der Waals surface area contributed by atoms with E-state index in [1.165, 1.54) is 0 Å². The third-order valence-corrected chi connectivity index (χ3v) is 4.76. The van der Waals surface area contributed by atoms with Crippen molar-refractivity contribution in [2.75, 3.05) is 13.1 Å². The molecular weight excluding hydrogens is 280 g/mol. The number of carbonyl (C=O) groups is 1. The lowest BCUT2D eigenvalue weighted by atomic mass is 9.83. The maximum absolute atomic E-state index is 12.2. The van der Waals surface area contributed by atoms with Gasteiger partial charge in [0.05, 0.1) is 5.60 Å². The van der Waals surface area contributed by atoms with Crippen LogP contribution in [0.25, 0.3) is 0 Å². The highest BCUT2D eigenvalue weighted by Crippen LogP contribution is 2.50. The number of pyridine rings is 1. The van der Waals surface area contributed by atoms with Crippen LogP contribution >= 0.6 is 0 Å². The Kier molecular flexibility index (Phi) is 3.63. The lowest BCUT2D eigenvalue weighted by Gasteiger charge is -2.30. The summed E-state index contributed by atoms with van der Waals surface area (Å²) in [6, 6.07) is 3.77. The average Bonchev–Trinajstić information content (AvgIpc) is 3.00. The first-order valence-electron chi connectivity index (χ1n) is 7.90. The third-order valence-electron chi connectivity index (χ3n) is 4.76. The van der Waals surface area contributed by atoms with Gasteiger partial charge >= 0.3 is 6.09 Å². The second-order valence-electron chi connectivity index (χ2n) is 7.46. The van der Waals surface area contributed by atoms with Gasteiger partial charge in [0.1, 0.15) is 5.60 Å². The fourth-order valence-corrected chi connectivity index (χ4v) is 3.75. The summed E-state index contributed by atoms with van der Waals surface area (Å²) in [4.78, 5) is 18.1. The topological polar surface area (TPSA) is 62.7 Å². The molecule has 0 aromatic carbocycles. The van der Waals surface area contributed by atoms with Crippen LogP contribution in [0.2, 0.25) is 0 Å². The SMILES string of the molecule is CC(C)(C)OC(=O)N1CC2CCC(O)(c3cccnc3)C2C1. The molecule has 0 radical (unpaired) electrons. The summed E-state index contributed by atoms with van der Waals surface area (Å²) in [6.07, 6.45) is 4.82. The van der Waals surface area contributed by atoms with Crippen molar-refractivity contribution in [1.82, 2.24) is 9.88 Å². The van der Waals surface area contributed by atoms with Crippen molar-refractivity contribution in [3.05, 3.63) is 30.1 Å². The minimum atomic E-state index is -0.879. The smallest absolute Gasteiger partial charge is 0.410 e. The van der Waals surface area contributed by atoms with E-state index in [-0.39, 0.29) is 12.0 Å². The van der Waals surface area contributed by atoms with Crippen LogP contribution < -0.4 is 0 Å². The molecule has 5 nitrogen and oxygen atoms in total. The highest BCUT2D eigenvalue weighted by atomic mass is 16.6. The summed E-state index contributed by atoms with van der Waals surface area (Å²) in [5.41, 5.74) is -0.516. The van der Waals surface area contributed by atoms with Crippen LogP contribution in [0.15, 0.2) is 24.5 Å². The van der Waals surface area contributed by atoms with Crippen LogP contribution in [0.5, 0.6) is 0 Å². The molecule has 1 saturated carbocycles. The van der Waals surface area contributed by atoms with Crippen molar-refractivity contribution in [3.63, 3.8) is 0 Å². The zero-order valence-electron chi connectivity index (χ0n) is 13.5. The molecule has 5 heteroatoms. The molecule has 2 heterocycles. The maximum atomic E-state index is 12.2. The molecule has 0 spiro atoms. The monoisotopic (exact) mass is 304 g/mol. The normalized spacial score (nSPS) is 31.2. The Bertz CT molecular complexity index is 555. The van der Waals surface area contributed by atoms with Crippen molar-refractivity contribution in [2.45, 2.75) is 44.8 Å². The van der Waals surface area contributed by atoms with Crippen LogP contribution in [-0.4, -0.2) is 39.8 Å². The molecule has 22 heavy (non-hydrogen) atoms. The lowest BCUT2D eigenvalue weighted by Crippen LogP contribution is -2.39. The molecule has 3 rings (SSSR count). The Hall–Kier alpha value is -1.62. The number of ether oxygens (including phenoxy) is 1. The van der Waals surface area contributed by atoms with E-state index < -0.39 is 11.2 Å². The number of likely N-dealkylation sites (tertiary alicyclic amines) is 1. The summed E-state index contributed by atoms with van der Waals surface area (Å²) in [5.74, 6) is 0.391. The molecule has 3 unspecified atom stereocenters. The molecule has 1 aromatic heterocycles. The predicted molar refractivity (Wildman–Crippen MR) is 82.2 cm³/mol. The standard InChI is InChI=1S/C17H24N2O3/c1-16(2,3)22-15(20)19-10-12-6-7-17(21,14(12)11-19)13-5-4-8-18-9-13/h4-5,8-9,12,14,21H,6-7,10-11H2,1-3H3.